The van der Waals surface area contributed by atoms with E-state index in [0.717, 1.165) is 0 Å². The van der Waals surface area contributed by atoms with Crippen molar-refractivity contribution in [1.29, 1.82) is 0 Å². The van der Waals surface area contributed by atoms with Crippen molar-refractivity contribution in [3.63, 3.8) is 0 Å². The van der Waals surface area contributed by atoms with Crippen molar-refractivity contribution in [3.05, 3.63) is 29.8 Å². The Morgan fingerprint density at radius 2 is 1.53 bits per heavy atom. The molecule has 0 saturated heterocycles. The fourth-order valence-corrected chi connectivity index (χ4v) is 2.20. The Balaban J connectivity index is 2.64. The van der Waals surface area contributed by atoms with Crippen LogP contribution < -0.4 is 5.73 Å². The van der Waals surface area contributed by atoms with Crippen LogP contribution in [0.25, 0.3) is 0 Å². The highest BCUT2D eigenvalue weighted by molar-refractivity contribution is 8.00. The lowest BCUT2D eigenvalue weighted by Gasteiger charge is -2.15. The molecule has 2 atom stereocenters. The van der Waals surface area contributed by atoms with Crippen molar-refractivity contribution >= 4 is 11.8 Å². The Kier molecular flexibility index (Phi) is 4.68. The van der Waals surface area contributed by atoms with Gasteiger partial charge in [-0.3, -0.25) is 0 Å². The fourth-order valence-electron chi connectivity index (χ4n) is 1.20. The van der Waals surface area contributed by atoms with Crippen LogP contribution in [-0.4, -0.2) is 5.25 Å². The summed E-state index contributed by atoms with van der Waals surface area (Å²) in [6.45, 7) is 8.80. The molecule has 84 valence electrons. The molecule has 0 bridgehead atoms. The fraction of sp³-hybridized carbons (Fsp3) is 0.538. The highest BCUT2D eigenvalue weighted by Crippen LogP contribution is 2.28. The maximum atomic E-state index is 5.81. The molecule has 0 aliphatic heterocycles. The van der Waals surface area contributed by atoms with Gasteiger partial charge in [-0.1, -0.05) is 32.9 Å². The SMILES string of the molecule is CC(C)C(C)Sc1ccc([C@@H](C)N)cc1. The smallest absolute Gasteiger partial charge is 0.0266 e. The van der Waals surface area contributed by atoms with Crippen molar-refractivity contribution in [2.24, 2.45) is 11.7 Å². The van der Waals surface area contributed by atoms with Crippen molar-refractivity contribution in [2.45, 2.75) is 43.9 Å². The molecule has 0 spiro atoms. The number of thioether (sulfide) groups is 1. The van der Waals surface area contributed by atoms with Gasteiger partial charge in [-0.25, -0.2) is 0 Å². The Morgan fingerprint density at radius 1 is 1.00 bits per heavy atom. The molecule has 0 aliphatic rings. The number of hydrogen-bond donors (Lipinski definition) is 1. The first-order valence-electron chi connectivity index (χ1n) is 5.53. The standard InChI is InChI=1S/C13H21NS/c1-9(2)11(4)15-13-7-5-12(6-8-13)10(3)14/h5-11H,14H2,1-4H3/t10-,11?/m1/s1. The second kappa shape index (κ2) is 5.57. The zero-order valence-corrected chi connectivity index (χ0v) is 10.8. The van der Waals surface area contributed by atoms with Crippen LogP contribution >= 0.6 is 11.8 Å². The van der Waals surface area contributed by atoms with E-state index in [2.05, 4.69) is 45.0 Å². The minimum absolute atomic E-state index is 0.131. The van der Waals surface area contributed by atoms with Gasteiger partial charge >= 0.3 is 0 Å². The van der Waals surface area contributed by atoms with Crippen molar-refractivity contribution in [2.75, 3.05) is 0 Å². The van der Waals surface area contributed by atoms with Crippen LogP contribution in [0.4, 0.5) is 0 Å². The minimum Gasteiger partial charge on any atom is -0.324 e. The van der Waals surface area contributed by atoms with Gasteiger partial charge < -0.3 is 5.73 Å². The van der Waals surface area contributed by atoms with Gasteiger partial charge in [-0.2, -0.15) is 0 Å². The predicted molar refractivity (Wildman–Crippen MR) is 69.2 cm³/mol. The average molecular weight is 223 g/mol. The average Bonchev–Trinajstić information content (AvgIpc) is 2.18. The van der Waals surface area contributed by atoms with E-state index in [-0.39, 0.29) is 6.04 Å². The summed E-state index contributed by atoms with van der Waals surface area (Å²) in [5.74, 6) is 0.711. The van der Waals surface area contributed by atoms with Gasteiger partial charge in [0, 0.05) is 16.2 Å². The van der Waals surface area contributed by atoms with Crippen LogP contribution in [0.15, 0.2) is 29.2 Å². The van der Waals surface area contributed by atoms with E-state index in [0.29, 0.717) is 11.2 Å². The Hall–Kier alpha value is -0.470. The normalized spacial score (nSPS) is 15.3. The summed E-state index contributed by atoms with van der Waals surface area (Å²) in [4.78, 5) is 1.33. The lowest BCUT2D eigenvalue weighted by atomic mass is 10.1. The molecule has 1 aromatic carbocycles. The maximum Gasteiger partial charge on any atom is 0.0266 e. The second-order valence-corrected chi connectivity index (χ2v) is 5.88. The summed E-state index contributed by atoms with van der Waals surface area (Å²) in [6.07, 6.45) is 0. The van der Waals surface area contributed by atoms with Crippen LogP contribution in [0, 0.1) is 5.92 Å². The molecule has 0 saturated carbocycles. The van der Waals surface area contributed by atoms with Crippen LogP contribution in [0.3, 0.4) is 0 Å². The lowest BCUT2D eigenvalue weighted by Crippen LogP contribution is -2.06. The summed E-state index contributed by atoms with van der Waals surface area (Å²) >= 11 is 1.93. The maximum absolute atomic E-state index is 5.81. The Labute approximate surface area is 97.4 Å². The van der Waals surface area contributed by atoms with Gasteiger partial charge in [0.15, 0.2) is 0 Å². The van der Waals surface area contributed by atoms with Gasteiger partial charge in [0.1, 0.15) is 0 Å². The molecule has 0 heterocycles. The molecule has 0 radical (unpaired) electrons. The largest absolute Gasteiger partial charge is 0.324 e. The van der Waals surface area contributed by atoms with Crippen LogP contribution in [0.2, 0.25) is 0 Å². The van der Waals surface area contributed by atoms with E-state index < -0.39 is 0 Å². The van der Waals surface area contributed by atoms with Gasteiger partial charge in [-0.15, -0.1) is 11.8 Å². The van der Waals surface area contributed by atoms with Gasteiger partial charge in [0.2, 0.25) is 0 Å². The summed E-state index contributed by atoms with van der Waals surface area (Å²) < 4.78 is 0. The third-order valence-corrected chi connectivity index (χ3v) is 4.13. The number of hydrogen-bond acceptors (Lipinski definition) is 2. The first-order chi connectivity index (χ1) is 7.00. The highest BCUT2D eigenvalue weighted by atomic mass is 32.2. The van der Waals surface area contributed by atoms with E-state index in [9.17, 15) is 0 Å². The minimum atomic E-state index is 0.131. The predicted octanol–water partition coefficient (Wildman–Crippen LogP) is 3.84. The number of rotatable bonds is 4. The summed E-state index contributed by atoms with van der Waals surface area (Å²) in [5, 5.41) is 0.658. The molecule has 1 aromatic rings. The van der Waals surface area contributed by atoms with Crippen LogP contribution in [0.1, 0.15) is 39.3 Å². The lowest BCUT2D eigenvalue weighted by molar-refractivity contribution is 0.642. The quantitative estimate of drug-likeness (QED) is 0.785. The topological polar surface area (TPSA) is 26.0 Å². The number of benzene rings is 1. The zero-order chi connectivity index (χ0) is 11.4. The van der Waals surface area contributed by atoms with Crippen molar-refractivity contribution < 1.29 is 0 Å². The summed E-state index contributed by atoms with van der Waals surface area (Å²) in [7, 11) is 0. The third kappa shape index (κ3) is 3.88. The molecule has 0 aromatic heterocycles. The molecule has 1 nitrogen and oxygen atoms in total. The molecular formula is C13H21NS. The number of nitrogens with two attached hydrogens (primary N) is 1. The van der Waals surface area contributed by atoms with Crippen molar-refractivity contribution in [1.82, 2.24) is 0 Å². The van der Waals surface area contributed by atoms with E-state index in [4.69, 9.17) is 5.73 Å². The molecular weight excluding hydrogens is 202 g/mol. The van der Waals surface area contributed by atoms with Crippen LogP contribution in [0.5, 0.6) is 0 Å². The molecule has 2 N–H and O–H groups in total. The van der Waals surface area contributed by atoms with Gasteiger partial charge in [0.05, 0.1) is 0 Å². The summed E-state index contributed by atoms with van der Waals surface area (Å²) in [6, 6.07) is 8.72. The highest BCUT2D eigenvalue weighted by Gasteiger charge is 2.08. The Morgan fingerprint density at radius 3 is 1.93 bits per heavy atom. The van der Waals surface area contributed by atoms with E-state index in [1.165, 1.54) is 10.5 Å². The molecule has 1 unspecified atom stereocenters. The summed E-state index contributed by atoms with van der Waals surface area (Å²) in [5.41, 5.74) is 7.01. The molecule has 1 rings (SSSR count). The molecule has 15 heavy (non-hydrogen) atoms. The molecule has 0 fully saturated rings. The second-order valence-electron chi connectivity index (χ2n) is 4.42. The Bertz CT molecular complexity index is 290. The molecule has 0 aliphatic carbocycles. The first-order valence-corrected chi connectivity index (χ1v) is 6.41. The van der Waals surface area contributed by atoms with Gasteiger partial charge in [-0.05, 0) is 30.5 Å². The van der Waals surface area contributed by atoms with Gasteiger partial charge in [0.25, 0.3) is 0 Å². The van der Waals surface area contributed by atoms with E-state index in [1.54, 1.807) is 0 Å². The monoisotopic (exact) mass is 223 g/mol. The van der Waals surface area contributed by atoms with E-state index in [1.807, 2.05) is 18.7 Å². The third-order valence-electron chi connectivity index (χ3n) is 2.67. The van der Waals surface area contributed by atoms with Crippen molar-refractivity contribution in [3.8, 4) is 0 Å². The first kappa shape index (κ1) is 12.6. The molecule has 2 heteroatoms. The van der Waals surface area contributed by atoms with E-state index >= 15 is 0 Å². The molecule has 0 amide bonds. The van der Waals surface area contributed by atoms with Crippen LogP contribution in [-0.2, 0) is 0 Å². The zero-order valence-electron chi connectivity index (χ0n) is 10.0.